The molecule has 1 saturated carbocycles. The fourth-order valence-electron chi connectivity index (χ4n) is 7.26. The van der Waals surface area contributed by atoms with Crippen LogP contribution in [0.15, 0.2) is 54.1 Å². The van der Waals surface area contributed by atoms with Gasteiger partial charge in [0.1, 0.15) is 5.75 Å². The molecule has 45 heavy (non-hydrogen) atoms. The summed E-state index contributed by atoms with van der Waals surface area (Å²) in [6, 6.07) is 13.1. The molecular formula is C37H51NO7. The molecule has 2 aromatic carbocycles. The zero-order chi connectivity index (χ0) is 32.6. The molecule has 4 atom stereocenters. The summed E-state index contributed by atoms with van der Waals surface area (Å²) in [5, 5.41) is 23.5. The highest BCUT2D eigenvalue weighted by Crippen LogP contribution is 2.59. The number of carbonyl (C=O) groups is 2. The van der Waals surface area contributed by atoms with Crippen LogP contribution in [0.1, 0.15) is 98.7 Å². The molecule has 4 unspecified atom stereocenters. The number of rotatable bonds is 10. The number of aliphatic hydroxyl groups is 2. The van der Waals surface area contributed by atoms with Crippen LogP contribution in [0.4, 0.5) is 4.79 Å². The molecular weight excluding hydrogens is 570 g/mol. The van der Waals surface area contributed by atoms with Crippen LogP contribution in [0, 0.1) is 5.41 Å². The monoisotopic (exact) mass is 621 g/mol. The van der Waals surface area contributed by atoms with E-state index < -0.39 is 23.2 Å². The van der Waals surface area contributed by atoms with Crippen LogP contribution in [0.25, 0.3) is 0 Å². The fraction of sp³-hybridized carbons (Fsp3) is 0.568. The lowest BCUT2D eigenvalue weighted by Crippen LogP contribution is -2.54. The summed E-state index contributed by atoms with van der Waals surface area (Å²) in [5.41, 5.74) is 2.29. The van der Waals surface area contributed by atoms with Gasteiger partial charge in [-0.15, -0.1) is 0 Å². The first-order valence-electron chi connectivity index (χ1n) is 16.3. The van der Waals surface area contributed by atoms with E-state index in [0.29, 0.717) is 68.6 Å². The molecule has 5 rings (SSSR count). The van der Waals surface area contributed by atoms with E-state index in [1.807, 2.05) is 18.2 Å². The van der Waals surface area contributed by atoms with Gasteiger partial charge < -0.3 is 29.3 Å². The first kappa shape index (κ1) is 34.7. The van der Waals surface area contributed by atoms with Crippen molar-refractivity contribution in [3.8, 4) is 5.75 Å². The third-order valence-electron chi connectivity index (χ3n) is 10.0. The summed E-state index contributed by atoms with van der Waals surface area (Å²) < 4.78 is 16.0. The van der Waals surface area contributed by atoms with Crippen molar-refractivity contribution in [1.29, 1.82) is 0 Å². The lowest BCUT2D eigenvalue weighted by molar-refractivity contribution is -0.0814. The van der Waals surface area contributed by atoms with E-state index in [9.17, 15) is 19.8 Å². The SMILES string of the molecule is CCOC(=O)N(CCCOC)CC1(O)CCC2c3ccc(cc3C(=O)c3ccc(OC)cc3)CC(O)CCC(C)=CCCC21C. The van der Waals surface area contributed by atoms with Crippen LogP contribution in [0.5, 0.6) is 5.75 Å². The number of benzene rings is 2. The number of methoxy groups -OCH3 is 2. The standard InChI is InChI=1S/C37H51NO7/c1-6-45-35(41)38(21-8-22-43-4)25-37(42)20-18-33-31-17-11-27(23-29(39)14-10-26(2)9-7-19-36(33,37)3)24-32(31)34(40)28-12-15-30(44-5)16-13-28/h9,11-13,15-17,24,29,33,39,42H,6-8,10,14,18-23,25H2,1-5H3. The van der Waals surface area contributed by atoms with Crippen molar-refractivity contribution in [1.82, 2.24) is 4.90 Å². The van der Waals surface area contributed by atoms with Crippen LogP contribution in [-0.2, 0) is 15.9 Å². The molecule has 2 bridgehead atoms. The zero-order valence-electron chi connectivity index (χ0n) is 27.6. The minimum Gasteiger partial charge on any atom is -0.497 e. The number of allylic oxidation sites excluding steroid dienone is 2. The Bertz CT molecular complexity index is 1340. The normalized spacial score (nSPS) is 25.2. The number of hydrogen-bond acceptors (Lipinski definition) is 7. The van der Waals surface area contributed by atoms with Crippen LogP contribution in [0.3, 0.4) is 0 Å². The van der Waals surface area contributed by atoms with Gasteiger partial charge in [0.25, 0.3) is 0 Å². The molecule has 2 N–H and O–H groups in total. The van der Waals surface area contributed by atoms with E-state index in [4.69, 9.17) is 14.2 Å². The van der Waals surface area contributed by atoms with Gasteiger partial charge in [0.2, 0.25) is 0 Å². The lowest BCUT2D eigenvalue weighted by atomic mass is 9.64. The van der Waals surface area contributed by atoms with Crippen molar-refractivity contribution >= 4 is 11.9 Å². The second-order valence-electron chi connectivity index (χ2n) is 13.0. The van der Waals surface area contributed by atoms with Crippen molar-refractivity contribution < 1.29 is 34.0 Å². The smallest absolute Gasteiger partial charge is 0.409 e. The number of carbonyl (C=O) groups excluding carboxylic acids is 2. The summed E-state index contributed by atoms with van der Waals surface area (Å²) in [7, 11) is 3.23. The predicted octanol–water partition coefficient (Wildman–Crippen LogP) is 6.46. The molecule has 1 fully saturated rings. The Morgan fingerprint density at radius 1 is 1.07 bits per heavy atom. The van der Waals surface area contributed by atoms with Crippen molar-refractivity contribution in [2.45, 2.75) is 89.8 Å². The minimum absolute atomic E-state index is 0.0997. The molecule has 8 heteroatoms. The zero-order valence-corrected chi connectivity index (χ0v) is 27.6. The van der Waals surface area contributed by atoms with Crippen LogP contribution in [0.2, 0.25) is 0 Å². The topological polar surface area (TPSA) is 106 Å². The van der Waals surface area contributed by atoms with E-state index >= 15 is 0 Å². The van der Waals surface area contributed by atoms with Crippen LogP contribution in [-0.4, -0.2) is 79.2 Å². The Balaban J connectivity index is 1.80. The Morgan fingerprint density at radius 2 is 1.82 bits per heavy atom. The average Bonchev–Trinajstić information content (AvgIpc) is 3.28. The summed E-state index contributed by atoms with van der Waals surface area (Å²) in [4.78, 5) is 28.9. The Labute approximate surface area is 268 Å². The first-order chi connectivity index (χ1) is 21.5. The highest BCUT2D eigenvalue weighted by atomic mass is 16.6. The highest BCUT2D eigenvalue weighted by molar-refractivity contribution is 6.10. The van der Waals surface area contributed by atoms with Gasteiger partial charge in [0.15, 0.2) is 5.78 Å². The van der Waals surface area contributed by atoms with Gasteiger partial charge in [-0.3, -0.25) is 4.79 Å². The molecule has 8 nitrogen and oxygen atoms in total. The maximum absolute atomic E-state index is 14.2. The van der Waals surface area contributed by atoms with E-state index in [0.717, 1.165) is 24.0 Å². The molecule has 0 radical (unpaired) electrons. The molecule has 246 valence electrons. The number of amides is 1. The van der Waals surface area contributed by atoms with Gasteiger partial charge in [-0.2, -0.15) is 0 Å². The van der Waals surface area contributed by atoms with Gasteiger partial charge in [-0.1, -0.05) is 30.7 Å². The third-order valence-corrected chi connectivity index (χ3v) is 10.0. The molecule has 0 aliphatic heterocycles. The van der Waals surface area contributed by atoms with Crippen molar-refractivity contribution in [3.05, 3.63) is 76.4 Å². The summed E-state index contributed by atoms with van der Waals surface area (Å²) in [6.45, 7) is 7.29. The number of ketones is 1. The van der Waals surface area contributed by atoms with E-state index in [1.165, 1.54) is 5.57 Å². The molecule has 3 aliphatic carbocycles. The number of ether oxygens (including phenoxy) is 3. The number of hydrogen-bond donors (Lipinski definition) is 2. The second-order valence-corrected chi connectivity index (χ2v) is 13.0. The summed E-state index contributed by atoms with van der Waals surface area (Å²) in [5.74, 6) is 0.433. The largest absolute Gasteiger partial charge is 0.497 e. The van der Waals surface area contributed by atoms with Gasteiger partial charge in [0, 0.05) is 36.8 Å². The second kappa shape index (κ2) is 15.4. The number of aliphatic hydroxyl groups excluding tert-OH is 1. The maximum Gasteiger partial charge on any atom is 0.409 e. The Kier molecular flexibility index (Phi) is 11.9. The predicted molar refractivity (Wildman–Crippen MR) is 175 cm³/mol. The number of fused-ring (bicyclic) bond motifs is 8. The van der Waals surface area contributed by atoms with Crippen LogP contribution < -0.4 is 4.74 Å². The maximum atomic E-state index is 14.2. The van der Waals surface area contributed by atoms with Gasteiger partial charge >= 0.3 is 6.09 Å². The van der Waals surface area contributed by atoms with Gasteiger partial charge in [0.05, 0.1) is 32.0 Å². The van der Waals surface area contributed by atoms with Gasteiger partial charge in [-0.05, 0) is 113 Å². The third kappa shape index (κ3) is 7.97. The first-order valence-corrected chi connectivity index (χ1v) is 16.3. The molecule has 3 aliphatic rings. The minimum atomic E-state index is -1.22. The summed E-state index contributed by atoms with van der Waals surface area (Å²) >= 11 is 0. The van der Waals surface area contributed by atoms with Crippen molar-refractivity contribution in [3.63, 3.8) is 0 Å². The highest BCUT2D eigenvalue weighted by Gasteiger charge is 2.57. The average molecular weight is 622 g/mol. The molecule has 2 aromatic rings. The van der Waals surface area contributed by atoms with Gasteiger partial charge in [-0.25, -0.2) is 4.79 Å². The quantitative estimate of drug-likeness (QED) is 0.178. The molecule has 0 heterocycles. The summed E-state index contributed by atoms with van der Waals surface area (Å²) in [6.07, 6.45) is 6.29. The molecule has 0 saturated heterocycles. The van der Waals surface area contributed by atoms with Crippen LogP contribution >= 0.6 is 0 Å². The van der Waals surface area contributed by atoms with Crippen molar-refractivity contribution in [2.24, 2.45) is 5.41 Å². The molecule has 0 spiro atoms. The van der Waals surface area contributed by atoms with E-state index in [-0.39, 0.29) is 24.9 Å². The Hall–Kier alpha value is -3.20. The molecule has 1 amide bonds. The lowest BCUT2D eigenvalue weighted by Gasteiger charge is -2.46. The van der Waals surface area contributed by atoms with E-state index in [2.05, 4.69) is 19.9 Å². The Morgan fingerprint density at radius 3 is 2.51 bits per heavy atom. The molecule has 0 aromatic heterocycles. The van der Waals surface area contributed by atoms with Crippen molar-refractivity contribution in [2.75, 3.05) is 40.5 Å². The fourth-order valence-corrected chi connectivity index (χ4v) is 7.26. The number of nitrogens with zero attached hydrogens (tertiary/aromatic N) is 1. The van der Waals surface area contributed by atoms with E-state index in [1.54, 1.807) is 50.3 Å².